The molecule has 118 valence electrons. The van der Waals surface area contributed by atoms with Gasteiger partial charge in [-0.3, -0.25) is 4.79 Å². The van der Waals surface area contributed by atoms with Crippen molar-refractivity contribution < 1.29 is 4.79 Å². The second kappa shape index (κ2) is 5.66. The van der Waals surface area contributed by atoms with E-state index in [9.17, 15) is 4.79 Å². The minimum absolute atomic E-state index is 0.191. The van der Waals surface area contributed by atoms with Gasteiger partial charge in [0.2, 0.25) is 0 Å². The van der Waals surface area contributed by atoms with Gasteiger partial charge in [0.1, 0.15) is 0 Å². The van der Waals surface area contributed by atoms with Crippen LogP contribution in [0.5, 0.6) is 0 Å². The fraction of sp³-hybridized carbons (Fsp3) is 0.0556. The lowest BCUT2D eigenvalue weighted by Gasteiger charge is -2.07. The van der Waals surface area contributed by atoms with Crippen molar-refractivity contribution in [3.8, 4) is 5.82 Å². The molecule has 0 spiro atoms. The lowest BCUT2D eigenvalue weighted by Crippen LogP contribution is -2.13. The van der Waals surface area contributed by atoms with Crippen molar-refractivity contribution in [1.82, 2.24) is 19.7 Å². The van der Waals surface area contributed by atoms with Crippen molar-refractivity contribution in [2.75, 3.05) is 5.32 Å². The SMILES string of the molecule is Cc1c(C(=O)Nc2cccc3[nH]ccc23)cnn1-c1ccccn1. The Morgan fingerprint density at radius 3 is 2.92 bits per heavy atom. The van der Waals surface area contributed by atoms with Gasteiger partial charge in [-0.2, -0.15) is 5.10 Å². The number of rotatable bonds is 3. The number of aromatic nitrogens is 4. The average molecular weight is 317 g/mol. The lowest BCUT2D eigenvalue weighted by molar-refractivity contribution is 0.102. The fourth-order valence-corrected chi connectivity index (χ4v) is 2.73. The standard InChI is InChI=1S/C18H15N5O/c1-12-14(11-21-23(12)17-7-2-3-9-20-17)18(24)22-16-6-4-5-15-13(16)8-10-19-15/h2-11,19H,1H3,(H,22,24). The number of hydrogen-bond donors (Lipinski definition) is 2. The number of anilines is 1. The van der Waals surface area contributed by atoms with Crippen molar-refractivity contribution in [2.45, 2.75) is 6.92 Å². The molecule has 0 fully saturated rings. The molecule has 0 atom stereocenters. The highest BCUT2D eigenvalue weighted by Gasteiger charge is 2.16. The van der Waals surface area contributed by atoms with E-state index in [1.165, 1.54) is 0 Å². The molecule has 0 unspecified atom stereocenters. The number of nitrogens with one attached hydrogen (secondary N) is 2. The summed E-state index contributed by atoms with van der Waals surface area (Å²) in [4.78, 5) is 20.0. The molecule has 1 aromatic carbocycles. The van der Waals surface area contributed by atoms with Crippen LogP contribution in [0.15, 0.2) is 61.1 Å². The van der Waals surface area contributed by atoms with Gasteiger partial charge in [0, 0.05) is 23.3 Å². The first-order chi connectivity index (χ1) is 11.7. The molecule has 0 aliphatic carbocycles. The normalized spacial score (nSPS) is 10.9. The Labute approximate surface area is 138 Å². The molecule has 6 nitrogen and oxygen atoms in total. The number of benzene rings is 1. The van der Waals surface area contributed by atoms with E-state index in [0.717, 1.165) is 22.3 Å². The highest BCUT2D eigenvalue weighted by molar-refractivity contribution is 6.09. The molecule has 0 bridgehead atoms. The van der Waals surface area contributed by atoms with Gasteiger partial charge in [-0.05, 0) is 37.3 Å². The van der Waals surface area contributed by atoms with E-state index in [-0.39, 0.29) is 5.91 Å². The number of nitrogens with zero attached hydrogens (tertiary/aromatic N) is 3. The number of H-pyrrole nitrogens is 1. The first kappa shape index (κ1) is 14.2. The molecule has 1 amide bonds. The number of fused-ring (bicyclic) bond motifs is 1. The summed E-state index contributed by atoms with van der Waals surface area (Å²) in [6.45, 7) is 1.85. The molecule has 0 saturated carbocycles. The lowest BCUT2D eigenvalue weighted by atomic mass is 10.2. The van der Waals surface area contributed by atoms with E-state index in [0.29, 0.717) is 11.4 Å². The monoisotopic (exact) mass is 317 g/mol. The van der Waals surface area contributed by atoms with Gasteiger partial charge < -0.3 is 10.3 Å². The number of amides is 1. The van der Waals surface area contributed by atoms with Gasteiger partial charge in [-0.15, -0.1) is 0 Å². The van der Waals surface area contributed by atoms with E-state index in [2.05, 4.69) is 20.4 Å². The summed E-state index contributed by atoms with van der Waals surface area (Å²) < 4.78 is 1.66. The molecule has 4 rings (SSSR count). The zero-order valence-electron chi connectivity index (χ0n) is 13.0. The van der Waals surface area contributed by atoms with E-state index >= 15 is 0 Å². The maximum atomic E-state index is 12.7. The zero-order chi connectivity index (χ0) is 16.5. The Morgan fingerprint density at radius 2 is 2.08 bits per heavy atom. The highest BCUT2D eigenvalue weighted by atomic mass is 16.1. The minimum Gasteiger partial charge on any atom is -0.361 e. The topological polar surface area (TPSA) is 75.6 Å². The molecule has 4 aromatic rings. The fourth-order valence-electron chi connectivity index (χ4n) is 2.73. The second-order valence-corrected chi connectivity index (χ2v) is 5.44. The minimum atomic E-state index is -0.191. The molecule has 2 N–H and O–H groups in total. The molecule has 0 radical (unpaired) electrons. The van der Waals surface area contributed by atoms with Gasteiger partial charge in [0.25, 0.3) is 5.91 Å². The van der Waals surface area contributed by atoms with Crippen LogP contribution >= 0.6 is 0 Å². The Balaban J connectivity index is 1.66. The molecular formula is C18H15N5O. The summed E-state index contributed by atoms with van der Waals surface area (Å²) >= 11 is 0. The molecule has 3 heterocycles. The maximum absolute atomic E-state index is 12.7. The van der Waals surface area contributed by atoms with Crippen LogP contribution in [0.25, 0.3) is 16.7 Å². The van der Waals surface area contributed by atoms with Crippen LogP contribution in [0.3, 0.4) is 0 Å². The van der Waals surface area contributed by atoms with E-state index in [1.807, 2.05) is 55.6 Å². The third kappa shape index (κ3) is 2.34. The summed E-state index contributed by atoms with van der Waals surface area (Å²) in [5, 5.41) is 8.22. The summed E-state index contributed by atoms with van der Waals surface area (Å²) in [5.74, 6) is 0.491. The van der Waals surface area contributed by atoms with Crippen LogP contribution in [-0.4, -0.2) is 25.7 Å². The first-order valence-corrected chi connectivity index (χ1v) is 7.57. The van der Waals surface area contributed by atoms with Crippen molar-refractivity contribution in [1.29, 1.82) is 0 Å². The molecule has 0 aliphatic heterocycles. The van der Waals surface area contributed by atoms with Crippen LogP contribution in [0, 0.1) is 6.92 Å². The number of aromatic amines is 1. The quantitative estimate of drug-likeness (QED) is 0.608. The smallest absolute Gasteiger partial charge is 0.259 e. The maximum Gasteiger partial charge on any atom is 0.259 e. The molecule has 6 heteroatoms. The van der Waals surface area contributed by atoms with Crippen molar-refractivity contribution >= 4 is 22.5 Å². The van der Waals surface area contributed by atoms with Crippen molar-refractivity contribution in [3.63, 3.8) is 0 Å². The van der Waals surface area contributed by atoms with Gasteiger partial charge in [0.05, 0.1) is 23.1 Å². The first-order valence-electron chi connectivity index (χ1n) is 7.57. The van der Waals surface area contributed by atoms with Crippen LogP contribution in [0.1, 0.15) is 16.1 Å². The molecule has 24 heavy (non-hydrogen) atoms. The van der Waals surface area contributed by atoms with Crippen LogP contribution in [-0.2, 0) is 0 Å². The Kier molecular flexibility index (Phi) is 3.35. The summed E-state index contributed by atoms with van der Waals surface area (Å²) in [6, 6.07) is 13.3. The number of hydrogen-bond acceptors (Lipinski definition) is 3. The van der Waals surface area contributed by atoms with E-state index in [4.69, 9.17) is 0 Å². The van der Waals surface area contributed by atoms with Crippen LogP contribution in [0.4, 0.5) is 5.69 Å². The van der Waals surface area contributed by atoms with Gasteiger partial charge in [-0.25, -0.2) is 9.67 Å². The van der Waals surface area contributed by atoms with Gasteiger partial charge in [0.15, 0.2) is 5.82 Å². The van der Waals surface area contributed by atoms with E-state index in [1.54, 1.807) is 17.1 Å². The summed E-state index contributed by atoms with van der Waals surface area (Å²) in [6.07, 6.45) is 5.12. The van der Waals surface area contributed by atoms with Crippen LogP contribution in [0.2, 0.25) is 0 Å². The average Bonchev–Trinajstić information content (AvgIpc) is 3.23. The number of carbonyl (C=O) groups excluding carboxylic acids is 1. The zero-order valence-corrected chi connectivity index (χ0v) is 13.0. The largest absolute Gasteiger partial charge is 0.361 e. The third-order valence-corrected chi connectivity index (χ3v) is 3.96. The van der Waals surface area contributed by atoms with Crippen LogP contribution < -0.4 is 5.32 Å². The molecule has 3 aromatic heterocycles. The number of carbonyl (C=O) groups is 1. The molecule has 0 aliphatic rings. The van der Waals surface area contributed by atoms with Gasteiger partial charge in [-0.1, -0.05) is 12.1 Å². The third-order valence-electron chi connectivity index (χ3n) is 3.96. The predicted molar refractivity (Wildman–Crippen MR) is 92.3 cm³/mol. The predicted octanol–water partition coefficient (Wildman–Crippen LogP) is 3.31. The Morgan fingerprint density at radius 1 is 1.17 bits per heavy atom. The number of pyridine rings is 1. The van der Waals surface area contributed by atoms with E-state index < -0.39 is 0 Å². The van der Waals surface area contributed by atoms with Crippen molar-refractivity contribution in [3.05, 3.63) is 72.3 Å². The van der Waals surface area contributed by atoms with Crippen molar-refractivity contribution in [2.24, 2.45) is 0 Å². The highest BCUT2D eigenvalue weighted by Crippen LogP contribution is 2.23. The Hall–Kier alpha value is -3.41. The Bertz CT molecular complexity index is 1020. The molecular weight excluding hydrogens is 302 g/mol. The second-order valence-electron chi connectivity index (χ2n) is 5.44. The summed E-state index contributed by atoms with van der Waals surface area (Å²) in [5.41, 5.74) is 3.01. The molecule has 0 saturated heterocycles. The van der Waals surface area contributed by atoms with Gasteiger partial charge >= 0.3 is 0 Å². The summed E-state index contributed by atoms with van der Waals surface area (Å²) in [7, 11) is 0.